The second kappa shape index (κ2) is 4.18. The van der Waals surface area contributed by atoms with Crippen molar-refractivity contribution in [1.29, 1.82) is 5.26 Å². The molecule has 0 atom stereocenters. The van der Waals surface area contributed by atoms with E-state index in [9.17, 15) is 4.79 Å². The second-order valence-electron chi connectivity index (χ2n) is 3.71. The Morgan fingerprint density at radius 1 is 1.53 bits per heavy atom. The molecule has 17 heavy (non-hydrogen) atoms. The predicted octanol–water partition coefficient (Wildman–Crippen LogP) is 1.47. The zero-order valence-corrected chi connectivity index (χ0v) is 9.51. The highest BCUT2D eigenvalue weighted by atomic mass is 16.1. The summed E-state index contributed by atoms with van der Waals surface area (Å²) >= 11 is 0. The number of carbonyl (C=O) groups is 1. The maximum atomic E-state index is 10.6. The molecule has 0 saturated heterocycles. The fourth-order valence-corrected chi connectivity index (χ4v) is 1.58. The van der Waals surface area contributed by atoms with E-state index in [1.807, 2.05) is 6.92 Å². The van der Waals surface area contributed by atoms with E-state index in [-0.39, 0.29) is 0 Å². The van der Waals surface area contributed by atoms with Gasteiger partial charge in [-0.1, -0.05) is 0 Å². The number of nitrogens with zero attached hydrogens (tertiary/aromatic N) is 4. The smallest absolute Gasteiger partial charge is 0.170 e. The number of aromatic nitrogens is 3. The van der Waals surface area contributed by atoms with E-state index in [0.29, 0.717) is 29.1 Å². The molecule has 5 heteroatoms. The third-order valence-corrected chi connectivity index (χ3v) is 2.48. The van der Waals surface area contributed by atoms with Crippen molar-refractivity contribution >= 4 is 6.29 Å². The molecule has 0 aliphatic carbocycles. The van der Waals surface area contributed by atoms with E-state index in [4.69, 9.17) is 5.26 Å². The molecule has 0 radical (unpaired) electrons. The number of aryl methyl sites for hydroxylation is 2. The third-order valence-electron chi connectivity index (χ3n) is 2.48. The van der Waals surface area contributed by atoms with Crippen LogP contribution in [0.1, 0.15) is 21.6 Å². The van der Waals surface area contributed by atoms with Crippen LogP contribution in [0.4, 0.5) is 0 Å². The maximum absolute atomic E-state index is 10.6. The van der Waals surface area contributed by atoms with Gasteiger partial charge in [0, 0.05) is 19.4 Å². The summed E-state index contributed by atoms with van der Waals surface area (Å²) in [6.45, 7) is 1.84. The van der Waals surface area contributed by atoms with E-state index >= 15 is 0 Å². The highest BCUT2D eigenvalue weighted by molar-refractivity contribution is 5.73. The van der Waals surface area contributed by atoms with E-state index in [1.54, 1.807) is 23.9 Å². The first-order chi connectivity index (χ1) is 8.15. The third kappa shape index (κ3) is 1.93. The fourth-order valence-electron chi connectivity index (χ4n) is 1.58. The monoisotopic (exact) mass is 226 g/mol. The fraction of sp³-hybridized carbons (Fsp3) is 0.167. The van der Waals surface area contributed by atoms with Crippen LogP contribution in [0.3, 0.4) is 0 Å². The molecule has 0 aliphatic heterocycles. The van der Waals surface area contributed by atoms with Crippen LogP contribution in [0, 0.1) is 18.3 Å². The molecule has 0 bridgehead atoms. The first-order valence-electron chi connectivity index (χ1n) is 5.01. The first-order valence-corrected chi connectivity index (χ1v) is 5.01. The number of hydrogen-bond acceptors (Lipinski definition) is 4. The van der Waals surface area contributed by atoms with Gasteiger partial charge in [-0.2, -0.15) is 5.26 Å². The lowest BCUT2D eigenvalue weighted by Gasteiger charge is -2.02. The number of nitriles is 1. The Morgan fingerprint density at radius 2 is 2.29 bits per heavy atom. The molecule has 0 fully saturated rings. The van der Waals surface area contributed by atoms with Crippen LogP contribution in [0.2, 0.25) is 0 Å². The first kappa shape index (κ1) is 11.0. The Morgan fingerprint density at radius 3 is 2.82 bits per heavy atom. The Hall–Kier alpha value is -2.48. The summed E-state index contributed by atoms with van der Waals surface area (Å²) < 4.78 is 1.73. The average Bonchev–Trinajstić information content (AvgIpc) is 2.70. The molecule has 0 unspecified atom stereocenters. The summed E-state index contributed by atoms with van der Waals surface area (Å²) in [5.41, 5.74) is 2.40. The molecule has 0 saturated carbocycles. The van der Waals surface area contributed by atoms with Gasteiger partial charge in [0.2, 0.25) is 0 Å². The molecule has 0 aromatic carbocycles. The summed E-state index contributed by atoms with van der Waals surface area (Å²) in [6, 6.07) is 3.85. The largest absolute Gasteiger partial charge is 0.332 e. The summed E-state index contributed by atoms with van der Waals surface area (Å²) in [5, 5.41) is 8.82. The van der Waals surface area contributed by atoms with Gasteiger partial charge in [-0.05, 0) is 18.6 Å². The molecular weight excluding hydrogens is 216 g/mol. The van der Waals surface area contributed by atoms with Gasteiger partial charge < -0.3 is 4.57 Å². The summed E-state index contributed by atoms with van der Waals surface area (Å²) in [6.07, 6.45) is 3.84. The lowest BCUT2D eigenvalue weighted by molar-refractivity contribution is 0.111. The zero-order chi connectivity index (χ0) is 12.4. The lowest BCUT2D eigenvalue weighted by Crippen LogP contribution is -1.95. The van der Waals surface area contributed by atoms with Crippen molar-refractivity contribution in [3.05, 3.63) is 35.3 Å². The van der Waals surface area contributed by atoms with E-state index in [0.717, 1.165) is 5.56 Å². The van der Waals surface area contributed by atoms with Crippen LogP contribution in [-0.4, -0.2) is 20.8 Å². The van der Waals surface area contributed by atoms with Gasteiger partial charge in [0.05, 0.1) is 5.56 Å². The summed E-state index contributed by atoms with van der Waals surface area (Å²) in [5.74, 6) is 0.611. The summed E-state index contributed by atoms with van der Waals surface area (Å²) in [4.78, 5) is 18.9. The average molecular weight is 226 g/mol. The van der Waals surface area contributed by atoms with Gasteiger partial charge in [0.15, 0.2) is 12.1 Å². The molecule has 0 N–H and O–H groups in total. The van der Waals surface area contributed by atoms with E-state index in [1.165, 1.54) is 6.20 Å². The van der Waals surface area contributed by atoms with Crippen LogP contribution in [-0.2, 0) is 7.05 Å². The number of carbonyl (C=O) groups excluding carboxylic acids is 1. The SMILES string of the molecule is Cc1cc(-c2nc(C=O)cn2C)ncc1C#N. The van der Waals surface area contributed by atoms with Gasteiger partial charge in [0.25, 0.3) is 0 Å². The molecule has 0 aliphatic rings. The predicted molar refractivity (Wildman–Crippen MR) is 61.3 cm³/mol. The molecule has 2 aromatic heterocycles. The minimum absolute atomic E-state index is 0.367. The second-order valence-corrected chi connectivity index (χ2v) is 3.71. The molecule has 2 rings (SSSR count). The minimum atomic E-state index is 0.367. The molecule has 2 heterocycles. The van der Waals surface area contributed by atoms with Crippen molar-refractivity contribution in [2.24, 2.45) is 7.05 Å². The van der Waals surface area contributed by atoms with Gasteiger partial charge in [-0.25, -0.2) is 4.98 Å². The highest BCUT2D eigenvalue weighted by Gasteiger charge is 2.10. The van der Waals surface area contributed by atoms with E-state index in [2.05, 4.69) is 16.0 Å². The lowest BCUT2D eigenvalue weighted by atomic mass is 10.1. The van der Waals surface area contributed by atoms with Gasteiger partial charge in [-0.3, -0.25) is 9.78 Å². The molecule has 5 nitrogen and oxygen atoms in total. The maximum Gasteiger partial charge on any atom is 0.170 e. The summed E-state index contributed by atoms with van der Waals surface area (Å²) in [7, 11) is 1.80. The zero-order valence-electron chi connectivity index (χ0n) is 9.51. The Balaban J connectivity index is 2.53. The van der Waals surface area contributed by atoms with Crippen molar-refractivity contribution in [2.75, 3.05) is 0 Å². The standard InChI is InChI=1S/C12H10N4O/c1-8-3-11(14-5-9(8)4-13)12-15-10(7-17)6-16(12)2/h3,5-7H,1-2H3. The minimum Gasteiger partial charge on any atom is -0.332 e. The number of pyridine rings is 1. The van der Waals surface area contributed by atoms with Crippen molar-refractivity contribution in [3.63, 3.8) is 0 Å². The van der Waals surface area contributed by atoms with Crippen LogP contribution in [0.5, 0.6) is 0 Å². The number of hydrogen-bond donors (Lipinski definition) is 0. The Labute approximate surface area is 98.4 Å². The Bertz CT molecular complexity index is 622. The van der Waals surface area contributed by atoms with Crippen LogP contribution in [0.25, 0.3) is 11.5 Å². The van der Waals surface area contributed by atoms with E-state index < -0.39 is 0 Å². The van der Waals surface area contributed by atoms with Crippen LogP contribution in [0.15, 0.2) is 18.5 Å². The van der Waals surface area contributed by atoms with Crippen molar-refractivity contribution in [2.45, 2.75) is 6.92 Å². The number of rotatable bonds is 2. The normalized spacial score (nSPS) is 9.94. The van der Waals surface area contributed by atoms with Gasteiger partial charge in [0.1, 0.15) is 17.5 Å². The number of imidazole rings is 1. The topological polar surface area (TPSA) is 71.6 Å². The molecule has 0 amide bonds. The number of aldehydes is 1. The molecule has 0 spiro atoms. The van der Waals surface area contributed by atoms with Gasteiger partial charge in [-0.15, -0.1) is 0 Å². The molecule has 84 valence electrons. The van der Waals surface area contributed by atoms with Gasteiger partial charge >= 0.3 is 0 Å². The van der Waals surface area contributed by atoms with Crippen molar-refractivity contribution in [1.82, 2.24) is 14.5 Å². The quantitative estimate of drug-likeness (QED) is 0.727. The van der Waals surface area contributed by atoms with Crippen molar-refractivity contribution < 1.29 is 4.79 Å². The van der Waals surface area contributed by atoms with Crippen LogP contribution < -0.4 is 0 Å². The van der Waals surface area contributed by atoms with Crippen LogP contribution >= 0.6 is 0 Å². The van der Waals surface area contributed by atoms with Crippen molar-refractivity contribution in [3.8, 4) is 17.6 Å². The molecular formula is C12H10N4O. The molecule has 2 aromatic rings. The Kier molecular flexibility index (Phi) is 2.71. The highest BCUT2D eigenvalue weighted by Crippen LogP contribution is 2.18.